The van der Waals surface area contributed by atoms with Gasteiger partial charge in [-0.15, -0.1) is 0 Å². The summed E-state index contributed by atoms with van der Waals surface area (Å²) in [5.74, 6) is 0.183. The molecular formula is C17H22N4O3. The van der Waals surface area contributed by atoms with E-state index < -0.39 is 5.91 Å². The highest BCUT2D eigenvalue weighted by molar-refractivity contribution is 5.75. The molecule has 0 radical (unpaired) electrons. The van der Waals surface area contributed by atoms with Gasteiger partial charge in [0.15, 0.2) is 6.61 Å². The number of carbonyl (C=O) groups excluding carboxylic acids is 1. The Morgan fingerprint density at radius 1 is 1.42 bits per heavy atom. The van der Waals surface area contributed by atoms with Crippen LogP contribution in [0.25, 0.3) is 0 Å². The first-order valence-corrected chi connectivity index (χ1v) is 8.00. The highest BCUT2D eigenvalue weighted by atomic mass is 16.5. The Balaban J connectivity index is 1.55. The quantitative estimate of drug-likeness (QED) is 0.806. The van der Waals surface area contributed by atoms with Gasteiger partial charge in [0, 0.05) is 32.0 Å². The Kier molecular flexibility index (Phi) is 5.45. The van der Waals surface area contributed by atoms with Gasteiger partial charge in [0.2, 0.25) is 0 Å². The largest absolute Gasteiger partial charge is 0.484 e. The molecule has 7 heteroatoms. The Labute approximate surface area is 140 Å². The maximum atomic E-state index is 10.8. The third-order valence-electron chi connectivity index (χ3n) is 3.86. The normalized spacial score (nSPS) is 18.4. The lowest BCUT2D eigenvalue weighted by Gasteiger charge is -2.33. The van der Waals surface area contributed by atoms with Crippen molar-refractivity contribution in [2.45, 2.75) is 19.2 Å². The molecule has 1 fully saturated rings. The molecule has 0 bridgehead atoms. The monoisotopic (exact) mass is 330 g/mol. The maximum absolute atomic E-state index is 10.8. The molecule has 24 heavy (non-hydrogen) atoms. The van der Waals surface area contributed by atoms with Gasteiger partial charge in [-0.3, -0.25) is 14.4 Å². The molecule has 2 aromatic rings. The van der Waals surface area contributed by atoms with E-state index in [4.69, 9.17) is 15.2 Å². The molecule has 1 aromatic heterocycles. The van der Waals surface area contributed by atoms with Crippen LogP contribution in [0.3, 0.4) is 0 Å². The van der Waals surface area contributed by atoms with Gasteiger partial charge in [-0.2, -0.15) is 5.10 Å². The third kappa shape index (κ3) is 4.81. The average molecular weight is 330 g/mol. The number of amides is 1. The molecule has 1 aliphatic heterocycles. The van der Waals surface area contributed by atoms with Crippen LogP contribution in [0, 0.1) is 0 Å². The highest BCUT2D eigenvalue weighted by Crippen LogP contribution is 2.17. The number of aromatic nitrogens is 2. The molecule has 1 aromatic carbocycles. The fourth-order valence-electron chi connectivity index (χ4n) is 2.80. The van der Waals surface area contributed by atoms with Gasteiger partial charge in [-0.05, 0) is 23.8 Å². The molecular weight excluding hydrogens is 308 g/mol. The lowest BCUT2D eigenvalue weighted by atomic mass is 10.1. The predicted octanol–water partition coefficient (Wildman–Crippen LogP) is 0.648. The summed E-state index contributed by atoms with van der Waals surface area (Å²) in [5, 5.41) is 4.23. The molecule has 0 aliphatic carbocycles. The van der Waals surface area contributed by atoms with Gasteiger partial charge in [-0.25, -0.2) is 0 Å². The van der Waals surface area contributed by atoms with Crippen LogP contribution >= 0.6 is 0 Å². The molecule has 7 nitrogen and oxygen atoms in total. The van der Waals surface area contributed by atoms with Gasteiger partial charge >= 0.3 is 0 Å². The van der Waals surface area contributed by atoms with Gasteiger partial charge < -0.3 is 15.2 Å². The van der Waals surface area contributed by atoms with Crippen LogP contribution in [-0.2, 0) is 22.6 Å². The van der Waals surface area contributed by atoms with E-state index in [9.17, 15) is 4.79 Å². The summed E-state index contributed by atoms with van der Waals surface area (Å²) in [4.78, 5) is 13.2. The van der Waals surface area contributed by atoms with Crippen LogP contribution in [0.4, 0.5) is 0 Å². The van der Waals surface area contributed by atoms with Crippen LogP contribution in [0.1, 0.15) is 5.56 Å². The van der Waals surface area contributed by atoms with Crippen LogP contribution in [0.2, 0.25) is 0 Å². The molecule has 128 valence electrons. The van der Waals surface area contributed by atoms with Crippen molar-refractivity contribution in [2.75, 3.05) is 26.3 Å². The van der Waals surface area contributed by atoms with E-state index in [1.807, 2.05) is 35.1 Å². The number of morpholine rings is 1. The number of benzene rings is 1. The van der Waals surface area contributed by atoms with Crippen molar-refractivity contribution in [3.05, 3.63) is 48.3 Å². The van der Waals surface area contributed by atoms with Crippen molar-refractivity contribution in [2.24, 2.45) is 5.73 Å². The van der Waals surface area contributed by atoms with E-state index >= 15 is 0 Å². The summed E-state index contributed by atoms with van der Waals surface area (Å²) in [6.45, 7) is 3.92. The number of hydrogen-bond acceptors (Lipinski definition) is 5. The van der Waals surface area contributed by atoms with Gasteiger partial charge in [0.25, 0.3) is 5.91 Å². The predicted molar refractivity (Wildman–Crippen MR) is 88.4 cm³/mol. The van der Waals surface area contributed by atoms with E-state index in [0.717, 1.165) is 31.7 Å². The SMILES string of the molecule is NC(=O)COc1cccc(CN2CCOC(Cn3cccn3)C2)c1. The number of nitrogens with two attached hydrogens (primary N) is 1. The smallest absolute Gasteiger partial charge is 0.255 e. The van der Waals surface area contributed by atoms with Crippen molar-refractivity contribution < 1.29 is 14.3 Å². The first kappa shape index (κ1) is 16.5. The lowest BCUT2D eigenvalue weighted by molar-refractivity contribution is -0.119. The van der Waals surface area contributed by atoms with E-state index in [2.05, 4.69) is 16.1 Å². The van der Waals surface area contributed by atoms with Crippen molar-refractivity contribution in [1.29, 1.82) is 0 Å². The zero-order valence-electron chi connectivity index (χ0n) is 13.5. The summed E-state index contributed by atoms with van der Waals surface area (Å²) >= 11 is 0. The van der Waals surface area contributed by atoms with Crippen molar-refractivity contribution in [1.82, 2.24) is 14.7 Å². The maximum Gasteiger partial charge on any atom is 0.255 e. The molecule has 2 N–H and O–H groups in total. The number of carbonyl (C=O) groups is 1. The number of nitrogens with zero attached hydrogens (tertiary/aromatic N) is 3. The zero-order valence-corrected chi connectivity index (χ0v) is 13.5. The molecule has 1 unspecified atom stereocenters. The molecule has 1 atom stereocenters. The summed E-state index contributed by atoms with van der Waals surface area (Å²) < 4.78 is 13.1. The molecule has 2 heterocycles. The molecule has 1 saturated heterocycles. The number of primary amides is 1. The van der Waals surface area contributed by atoms with Gasteiger partial charge in [0.1, 0.15) is 5.75 Å². The second-order valence-electron chi connectivity index (χ2n) is 5.86. The lowest BCUT2D eigenvalue weighted by Crippen LogP contribution is -2.43. The number of ether oxygens (including phenoxy) is 2. The minimum absolute atomic E-state index is 0.104. The van der Waals surface area contributed by atoms with E-state index in [1.54, 1.807) is 6.20 Å². The second-order valence-corrected chi connectivity index (χ2v) is 5.86. The Bertz CT molecular complexity index is 660. The topological polar surface area (TPSA) is 82.6 Å². The average Bonchev–Trinajstić information content (AvgIpc) is 3.07. The Morgan fingerprint density at radius 3 is 3.12 bits per heavy atom. The minimum Gasteiger partial charge on any atom is -0.484 e. The van der Waals surface area contributed by atoms with Crippen molar-refractivity contribution >= 4 is 5.91 Å². The summed E-state index contributed by atoms with van der Waals surface area (Å²) in [6, 6.07) is 9.66. The van der Waals surface area contributed by atoms with Crippen molar-refractivity contribution in [3.8, 4) is 5.75 Å². The Hall–Kier alpha value is -2.38. The number of rotatable bonds is 7. The molecule has 0 spiro atoms. The van der Waals surface area contributed by atoms with Crippen molar-refractivity contribution in [3.63, 3.8) is 0 Å². The summed E-state index contributed by atoms with van der Waals surface area (Å²) in [7, 11) is 0. The van der Waals surface area contributed by atoms with Crippen LogP contribution < -0.4 is 10.5 Å². The fourth-order valence-corrected chi connectivity index (χ4v) is 2.80. The highest BCUT2D eigenvalue weighted by Gasteiger charge is 2.21. The van der Waals surface area contributed by atoms with Gasteiger partial charge in [-0.1, -0.05) is 12.1 Å². The summed E-state index contributed by atoms with van der Waals surface area (Å²) in [5.41, 5.74) is 6.24. The van der Waals surface area contributed by atoms with Crippen LogP contribution in [0.15, 0.2) is 42.7 Å². The first-order chi connectivity index (χ1) is 11.7. The minimum atomic E-state index is -0.477. The van der Waals surface area contributed by atoms with E-state index in [1.165, 1.54) is 0 Å². The van der Waals surface area contributed by atoms with E-state index in [-0.39, 0.29) is 12.7 Å². The first-order valence-electron chi connectivity index (χ1n) is 8.00. The molecule has 0 saturated carbocycles. The second kappa shape index (κ2) is 7.94. The molecule has 1 amide bonds. The fraction of sp³-hybridized carbons (Fsp3) is 0.412. The van der Waals surface area contributed by atoms with Crippen LogP contribution in [-0.4, -0.2) is 53.0 Å². The van der Waals surface area contributed by atoms with E-state index in [0.29, 0.717) is 12.4 Å². The summed E-state index contributed by atoms with van der Waals surface area (Å²) in [6.07, 6.45) is 3.85. The zero-order chi connectivity index (χ0) is 16.8. The Morgan fingerprint density at radius 2 is 2.33 bits per heavy atom. The number of hydrogen-bond donors (Lipinski definition) is 1. The van der Waals surface area contributed by atoms with Gasteiger partial charge in [0.05, 0.1) is 19.3 Å². The molecule has 3 rings (SSSR count). The third-order valence-corrected chi connectivity index (χ3v) is 3.86. The standard InChI is InChI=1S/C17H22N4O3/c18-17(22)13-24-15-4-1-3-14(9-15)10-20-7-8-23-16(11-20)12-21-6-2-5-19-21/h1-6,9,16H,7-8,10-13H2,(H2,18,22). The van der Waals surface area contributed by atoms with Crippen LogP contribution in [0.5, 0.6) is 5.75 Å². The molecule has 1 aliphatic rings.